The maximum absolute atomic E-state index is 4.71. The predicted molar refractivity (Wildman–Crippen MR) is 78.5 cm³/mol. The molecule has 1 aromatic heterocycles. The van der Waals surface area contributed by atoms with Crippen LogP contribution < -0.4 is 4.90 Å². The van der Waals surface area contributed by atoms with Gasteiger partial charge in [0.25, 0.3) is 0 Å². The molecule has 5 heteroatoms. The molecule has 0 aliphatic carbocycles. The van der Waals surface area contributed by atoms with Crippen LogP contribution in [0.4, 0.5) is 5.95 Å². The number of likely N-dealkylation sites (tertiary alicyclic amines) is 1. The summed E-state index contributed by atoms with van der Waals surface area (Å²) in [4.78, 5) is 13.4. The Bertz CT molecular complexity index is 394. The van der Waals surface area contributed by atoms with Gasteiger partial charge in [0.1, 0.15) is 0 Å². The smallest absolute Gasteiger partial charge is 0.225 e. The Morgan fingerprint density at radius 2 is 2.24 bits per heavy atom. The Balaban J connectivity index is 2.26. The normalized spacial score (nSPS) is 21.5. The Hall–Kier alpha value is -0.430. The summed E-state index contributed by atoms with van der Waals surface area (Å²) >= 11 is 2.35. The lowest BCUT2D eigenvalue weighted by Gasteiger charge is -2.30. The molecule has 1 aliphatic heterocycles. The van der Waals surface area contributed by atoms with E-state index < -0.39 is 0 Å². The lowest BCUT2D eigenvalue weighted by atomic mass is 9.95. The number of halogens is 1. The SMILES string of the molecule is CN1CCC[C@H](c2nc(N(C)C)ncc2I)C1. The number of likely N-dealkylation sites (N-methyl/N-ethyl adjacent to an activating group) is 1. The molecule has 0 N–H and O–H groups in total. The van der Waals surface area contributed by atoms with Gasteiger partial charge in [-0.1, -0.05) is 0 Å². The monoisotopic (exact) mass is 346 g/mol. The van der Waals surface area contributed by atoms with Crippen LogP contribution in [-0.2, 0) is 0 Å². The van der Waals surface area contributed by atoms with Crippen LogP contribution in [0.2, 0.25) is 0 Å². The summed E-state index contributed by atoms with van der Waals surface area (Å²) in [5, 5.41) is 0. The lowest BCUT2D eigenvalue weighted by molar-refractivity contribution is 0.248. The Morgan fingerprint density at radius 1 is 1.47 bits per heavy atom. The standard InChI is InChI=1S/C12H19IN4/c1-16(2)12-14-7-10(13)11(15-12)9-5-4-6-17(3)8-9/h7,9H,4-6,8H2,1-3H3/t9-/m0/s1. The summed E-state index contributed by atoms with van der Waals surface area (Å²) in [5.41, 5.74) is 1.22. The molecular formula is C12H19IN4. The van der Waals surface area contributed by atoms with Crippen molar-refractivity contribution < 1.29 is 0 Å². The first-order chi connectivity index (χ1) is 8.08. The zero-order chi connectivity index (χ0) is 12.4. The molecule has 1 atom stereocenters. The molecule has 1 aromatic rings. The minimum atomic E-state index is 0.558. The number of rotatable bonds is 2. The molecule has 0 saturated carbocycles. The van der Waals surface area contributed by atoms with Gasteiger partial charge in [-0.25, -0.2) is 9.97 Å². The quantitative estimate of drug-likeness (QED) is 0.767. The fourth-order valence-electron chi connectivity index (χ4n) is 2.26. The van der Waals surface area contributed by atoms with Crippen molar-refractivity contribution in [2.75, 3.05) is 39.1 Å². The Kier molecular flexibility index (Phi) is 4.19. The van der Waals surface area contributed by atoms with Gasteiger partial charge in [-0.15, -0.1) is 0 Å². The van der Waals surface area contributed by atoms with Crippen LogP contribution in [0, 0.1) is 3.57 Å². The topological polar surface area (TPSA) is 32.3 Å². The molecule has 0 bridgehead atoms. The van der Waals surface area contributed by atoms with Crippen molar-refractivity contribution in [3.05, 3.63) is 15.5 Å². The highest BCUT2D eigenvalue weighted by atomic mass is 127. The third kappa shape index (κ3) is 3.07. The van der Waals surface area contributed by atoms with E-state index in [4.69, 9.17) is 4.98 Å². The number of anilines is 1. The third-order valence-corrected chi connectivity index (χ3v) is 4.00. The van der Waals surface area contributed by atoms with Crippen molar-refractivity contribution >= 4 is 28.5 Å². The third-order valence-electron chi connectivity index (χ3n) is 3.17. The molecule has 0 aromatic carbocycles. The molecule has 2 rings (SSSR count). The molecular weight excluding hydrogens is 327 g/mol. The van der Waals surface area contributed by atoms with Crippen LogP contribution in [0.1, 0.15) is 24.5 Å². The van der Waals surface area contributed by atoms with E-state index in [9.17, 15) is 0 Å². The fraction of sp³-hybridized carbons (Fsp3) is 0.667. The van der Waals surface area contributed by atoms with Crippen molar-refractivity contribution in [2.45, 2.75) is 18.8 Å². The highest BCUT2D eigenvalue weighted by Gasteiger charge is 2.22. The first-order valence-corrected chi connectivity index (χ1v) is 7.04. The zero-order valence-electron chi connectivity index (χ0n) is 10.6. The van der Waals surface area contributed by atoms with Crippen molar-refractivity contribution in [1.82, 2.24) is 14.9 Å². The lowest BCUT2D eigenvalue weighted by Crippen LogP contribution is -2.32. The van der Waals surface area contributed by atoms with Crippen molar-refractivity contribution in [3.8, 4) is 0 Å². The maximum Gasteiger partial charge on any atom is 0.225 e. The number of hydrogen-bond acceptors (Lipinski definition) is 4. The fourth-order valence-corrected chi connectivity index (χ4v) is 2.96. The summed E-state index contributed by atoms with van der Waals surface area (Å²) in [6.07, 6.45) is 4.44. The number of aromatic nitrogens is 2. The van der Waals surface area contributed by atoms with Crippen LogP contribution in [0.25, 0.3) is 0 Å². The van der Waals surface area contributed by atoms with Crippen molar-refractivity contribution in [3.63, 3.8) is 0 Å². The minimum absolute atomic E-state index is 0.558. The van der Waals surface area contributed by atoms with Gasteiger partial charge in [-0.05, 0) is 49.0 Å². The molecule has 0 unspecified atom stereocenters. The molecule has 0 radical (unpaired) electrons. The van der Waals surface area contributed by atoms with E-state index >= 15 is 0 Å². The molecule has 1 aliphatic rings. The molecule has 0 spiro atoms. The second-order valence-corrected chi connectivity index (χ2v) is 6.06. The largest absolute Gasteiger partial charge is 0.347 e. The Morgan fingerprint density at radius 3 is 2.88 bits per heavy atom. The summed E-state index contributed by atoms with van der Waals surface area (Å²) < 4.78 is 1.19. The van der Waals surface area contributed by atoms with E-state index in [1.54, 1.807) is 0 Å². The van der Waals surface area contributed by atoms with Crippen molar-refractivity contribution in [2.24, 2.45) is 0 Å². The van der Waals surface area contributed by atoms with Gasteiger partial charge in [-0.2, -0.15) is 0 Å². The highest BCUT2D eigenvalue weighted by molar-refractivity contribution is 14.1. The van der Waals surface area contributed by atoms with E-state index in [0.29, 0.717) is 5.92 Å². The number of piperidine rings is 1. The van der Waals surface area contributed by atoms with Crippen LogP contribution in [0.5, 0.6) is 0 Å². The van der Waals surface area contributed by atoms with E-state index in [-0.39, 0.29) is 0 Å². The molecule has 1 fully saturated rings. The molecule has 17 heavy (non-hydrogen) atoms. The average molecular weight is 346 g/mol. The number of hydrogen-bond donors (Lipinski definition) is 0. The van der Waals surface area contributed by atoms with Crippen LogP contribution in [-0.4, -0.2) is 49.1 Å². The van der Waals surface area contributed by atoms with E-state index in [0.717, 1.165) is 12.5 Å². The van der Waals surface area contributed by atoms with Gasteiger partial charge in [0.05, 0.1) is 9.26 Å². The van der Waals surface area contributed by atoms with Gasteiger partial charge in [0.2, 0.25) is 5.95 Å². The zero-order valence-corrected chi connectivity index (χ0v) is 12.8. The van der Waals surface area contributed by atoms with Gasteiger partial charge in [-0.3, -0.25) is 0 Å². The molecule has 1 saturated heterocycles. The highest BCUT2D eigenvalue weighted by Crippen LogP contribution is 2.28. The molecule has 0 amide bonds. The summed E-state index contributed by atoms with van der Waals surface area (Å²) in [6.45, 7) is 2.32. The van der Waals surface area contributed by atoms with Gasteiger partial charge < -0.3 is 9.80 Å². The summed E-state index contributed by atoms with van der Waals surface area (Å²) in [7, 11) is 6.16. The van der Waals surface area contributed by atoms with E-state index in [1.165, 1.54) is 28.7 Å². The van der Waals surface area contributed by atoms with E-state index in [2.05, 4.69) is 39.5 Å². The van der Waals surface area contributed by atoms with Crippen molar-refractivity contribution in [1.29, 1.82) is 0 Å². The second kappa shape index (κ2) is 5.48. The van der Waals surface area contributed by atoms with Gasteiger partial charge in [0, 0.05) is 32.8 Å². The molecule has 4 nitrogen and oxygen atoms in total. The first-order valence-electron chi connectivity index (χ1n) is 5.96. The average Bonchev–Trinajstić information content (AvgIpc) is 2.29. The van der Waals surface area contributed by atoms with Crippen LogP contribution >= 0.6 is 22.6 Å². The molecule has 94 valence electrons. The van der Waals surface area contributed by atoms with Crippen LogP contribution in [0.15, 0.2) is 6.20 Å². The molecule has 2 heterocycles. The Labute approximate surface area is 117 Å². The summed E-state index contributed by atoms with van der Waals surface area (Å²) in [6, 6.07) is 0. The second-order valence-electron chi connectivity index (χ2n) is 4.90. The van der Waals surface area contributed by atoms with Crippen LogP contribution in [0.3, 0.4) is 0 Å². The van der Waals surface area contributed by atoms with E-state index in [1.807, 2.05) is 25.2 Å². The first kappa shape index (κ1) is 13.0. The summed E-state index contributed by atoms with van der Waals surface area (Å²) in [5.74, 6) is 1.37. The predicted octanol–water partition coefficient (Wildman–Crippen LogP) is 1.96. The minimum Gasteiger partial charge on any atom is -0.347 e. The number of nitrogens with zero attached hydrogens (tertiary/aromatic N) is 4. The van der Waals surface area contributed by atoms with Gasteiger partial charge >= 0.3 is 0 Å². The maximum atomic E-state index is 4.71. The van der Waals surface area contributed by atoms with Gasteiger partial charge in [0.15, 0.2) is 0 Å².